The van der Waals surface area contributed by atoms with Crippen molar-refractivity contribution in [2.75, 3.05) is 11.1 Å². The molecule has 0 aliphatic carbocycles. The van der Waals surface area contributed by atoms with Crippen LogP contribution in [0.25, 0.3) is 0 Å². The summed E-state index contributed by atoms with van der Waals surface area (Å²) in [6, 6.07) is 11.4. The molecule has 0 saturated heterocycles. The molecule has 20 heavy (non-hydrogen) atoms. The number of hydrogen-bond donors (Lipinski definition) is 1. The average molecular weight is 310 g/mol. The minimum Gasteiger partial charge on any atom is -0.319 e. The SMILES string of the molecule is CCSc1ccccc1C(=O)Nc1ccc(Cl)cc1F. The van der Waals surface area contributed by atoms with E-state index in [2.05, 4.69) is 5.32 Å². The Morgan fingerprint density at radius 2 is 2.05 bits per heavy atom. The monoisotopic (exact) mass is 309 g/mol. The molecule has 104 valence electrons. The summed E-state index contributed by atoms with van der Waals surface area (Å²) in [4.78, 5) is 13.1. The lowest BCUT2D eigenvalue weighted by molar-refractivity contribution is 0.102. The molecule has 0 saturated carbocycles. The molecule has 1 N–H and O–H groups in total. The van der Waals surface area contributed by atoms with Crippen molar-refractivity contribution in [3.05, 3.63) is 58.9 Å². The minimum atomic E-state index is -0.550. The van der Waals surface area contributed by atoms with Crippen LogP contribution in [0.15, 0.2) is 47.4 Å². The zero-order chi connectivity index (χ0) is 14.5. The second-order valence-corrected chi connectivity index (χ2v) is 5.75. The Hall–Kier alpha value is -1.52. The van der Waals surface area contributed by atoms with E-state index in [9.17, 15) is 9.18 Å². The zero-order valence-electron chi connectivity index (χ0n) is 10.8. The smallest absolute Gasteiger partial charge is 0.256 e. The summed E-state index contributed by atoms with van der Waals surface area (Å²) in [6.07, 6.45) is 0. The molecule has 0 aliphatic heterocycles. The molecule has 0 aromatic heterocycles. The maximum absolute atomic E-state index is 13.7. The molecule has 2 nitrogen and oxygen atoms in total. The molecule has 0 atom stereocenters. The van der Waals surface area contributed by atoms with Crippen LogP contribution >= 0.6 is 23.4 Å². The van der Waals surface area contributed by atoms with Crippen molar-refractivity contribution in [3.63, 3.8) is 0 Å². The van der Waals surface area contributed by atoms with Gasteiger partial charge in [0.1, 0.15) is 5.82 Å². The summed E-state index contributed by atoms with van der Waals surface area (Å²) in [7, 11) is 0. The second kappa shape index (κ2) is 6.77. The third kappa shape index (κ3) is 3.52. The van der Waals surface area contributed by atoms with Crippen molar-refractivity contribution in [1.29, 1.82) is 0 Å². The van der Waals surface area contributed by atoms with E-state index in [0.717, 1.165) is 10.6 Å². The van der Waals surface area contributed by atoms with Crippen LogP contribution in [0.5, 0.6) is 0 Å². The summed E-state index contributed by atoms with van der Waals surface area (Å²) in [5.41, 5.74) is 0.657. The number of nitrogens with one attached hydrogen (secondary N) is 1. The number of carbonyl (C=O) groups excluding carboxylic acids is 1. The lowest BCUT2D eigenvalue weighted by Gasteiger charge is -2.10. The van der Waals surface area contributed by atoms with Gasteiger partial charge in [0.2, 0.25) is 0 Å². The van der Waals surface area contributed by atoms with E-state index < -0.39 is 5.82 Å². The number of rotatable bonds is 4. The maximum atomic E-state index is 13.7. The van der Waals surface area contributed by atoms with Crippen molar-refractivity contribution in [1.82, 2.24) is 0 Å². The number of anilines is 1. The molecule has 2 aromatic rings. The van der Waals surface area contributed by atoms with Crippen molar-refractivity contribution in [3.8, 4) is 0 Å². The Morgan fingerprint density at radius 3 is 2.75 bits per heavy atom. The van der Waals surface area contributed by atoms with Crippen LogP contribution in [0.2, 0.25) is 5.02 Å². The van der Waals surface area contributed by atoms with E-state index in [4.69, 9.17) is 11.6 Å². The Kier molecular flexibility index (Phi) is 5.04. The highest BCUT2D eigenvalue weighted by molar-refractivity contribution is 7.99. The van der Waals surface area contributed by atoms with Gasteiger partial charge in [-0.15, -0.1) is 11.8 Å². The number of benzene rings is 2. The van der Waals surface area contributed by atoms with Crippen molar-refractivity contribution >= 4 is 35.0 Å². The molecule has 0 bridgehead atoms. The van der Waals surface area contributed by atoms with Crippen molar-refractivity contribution in [2.24, 2.45) is 0 Å². The first kappa shape index (κ1) is 14.9. The zero-order valence-corrected chi connectivity index (χ0v) is 12.4. The van der Waals surface area contributed by atoms with E-state index >= 15 is 0 Å². The fourth-order valence-corrected chi connectivity index (χ4v) is 2.68. The van der Waals surface area contributed by atoms with E-state index in [0.29, 0.717) is 10.6 Å². The first-order valence-corrected chi connectivity index (χ1v) is 7.46. The van der Waals surface area contributed by atoms with Gasteiger partial charge in [0.05, 0.1) is 11.3 Å². The lowest BCUT2D eigenvalue weighted by atomic mass is 10.2. The van der Waals surface area contributed by atoms with Gasteiger partial charge < -0.3 is 5.32 Å². The van der Waals surface area contributed by atoms with Gasteiger partial charge >= 0.3 is 0 Å². The number of halogens is 2. The van der Waals surface area contributed by atoms with Crippen molar-refractivity contribution in [2.45, 2.75) is 11.8 Å². The summed E-state index contributed by atoms with van der Waals surface area (Å²) < 4.78 is 13.7. The molecule has 0 heterocycles. The predicted octanol–water partition coefficient (Wildman–Crippen LogP) is 4.84. The quantitative estimate of drug-likeness (QED) is 0.818. The summed E-state index contributed by atoms with van der Waals surface area (Å²) in [6.45, 7) is 2.01. The fraction of sp³-hybridized carbons (Fsp3) is 0.133. The average Bonchev–Trinajstić information content (AvgIpc) is 2.43. The molecule has 0 radical (unpaired) electrons. The second-order valence-electron chi connectivity index (χ2n) is 4.01. The first-order chi connectivity index (χ1) is 9.61. The molecule has 0 spiro atoms. The van der Waals surface area contributed by atoms with E-state index in [1.165, 1.54) is 18.2 Å². The van der Waals surface area contributed by atoms with Crippen LogP contribution in [-0.4, -0.2) is 11.7 Å². The maximum Gasteiger partial charge on any atom is 0.256 e. The summed E-state index contributed by atoms with van der Waals surface area (Å²) >= 11 is 7.25. The van der Waals surface area contributed by atoms with Gasteiger partial charge in [0, 0.05) is 9.92 Å². The van der Waals surface area contributed by atoms with Gasteiger partial charge in [-0.1, -0.05) is 30.7 Å². The molecular weight excluding hydrogens is 297 g/mol. The van der Waals surface area contributed by atoms with Gasteiger partial charge in [-0.3, -0.25) is 4.79 Å². The van der Waals surface area contributed by atoms with Crippen LogP contribution in [0, 0.1) is 5.82 Å². The van der Waals surface area contributed by atoms with Crippen LogP contribution in [0.1, 0.15) is 17.3 Å². The highest BCUT2D eigenvalue weighted by atomic mass is 35.5. The molecule has 5 heteroatoms. The summed E-state index contributed by atoms with van der Waals surface area (Å²) in [5.74, 6) is -0.0196. The third-order valence-corrected chi connectivity index (χ3v) is 3.80. The van der Waals surface area contributed by atoms with Crippen LogP contribution in [0.4, 0.5) is 10.1 Å². The van der Waals surface area contributed by atoms with Gasteiger partial charge in [0.15, 0.2) is 0 Å². The molecular formula is C15H13ClFNOS. The van der Waals surface area contributed by atoms with Gasteiger partial charge in [-0.05, 0) is 36.1 Å². The van der Waals surface area contributed by atoms with Gasteiger partial charge in [0.25, 0.3) is 5.91 Å². The standard InChI is InChI=1S/C15H13ClFNOS/c1-2-20-14-6-4-3-5-11(14)15(19)18-13-8-7-10(16)9-12(13)17/h3-9H,2H2,1H3,(H,18,19). The van der Waals surface area contributed by atoms with Crippen molar-refractivity contribution < 1.29 is 9.18 Å². The molecule has 0 aliphatic rings. The number of carbonyl (C=O) groups is 1. The molecule has 2 aromatic carbocycles. The molecule has 2 rings (SSSR count). The first-order valence-electron chi connectivity index (χ1n) is 6.10. The van der Waals surface area contributed by atoms with Gasteiger partial charge in [-0.25, -0.2) is 4.39 Å². The van der Waals surface area contributed by atoms with Gasteiger partial charge in [-0.2, -0.15) is 0 Å². The fourth-order valence-electron chi connectivity index (χ4n) is 1.72. The normalized spacial score (nSPS) is 10.3. The van der Waals surface area contributed by atoms with E-state index in [1.54, 1.807) is 23.9 Å². The summed E-state index contributed by atoms with van der Waals surface area (Å²) in [5, 5.41) is 2.86. The molecule has 0 fully saturated rings. The Labute approximate surface area is 126 Å². The highest BCUT2D eigenvalue weighted by Gasteiger charge is 2.13. The Balaban J connectivity index is 2.24. The van der Waals surface area contributed by atoms with Crippen LogP contribution < -0.4 is 5.32 Å². The molecule has 0 unspecified atom stereocenters. The largest absolute Gasteiger partial charge is 0.319 e. The number of thioether (sulfide) groups is 1. The minimum absolute atomic E-state index is 0.121. The van der Waals surface area contributed by atoms with E-state index in [-0.39, 0.29) is 11.6 Å². The predicted molar refractivity (Wildman–Crippen MR) is 82.2 cm³/mol. The number of amides is 1. The third-order valence-electron chi connectivity index (χ3n) is 2.61. The van der Waals surface area contributed by atoms with Crippen LogP contribution in [-0.2, 0) is 0 Å². The Morgan fingerprint density at radius 1 is 1.30 bits per heavy atom. The number of hydrogen-bond acceptors (Lipinski definition) is 2. The Bertz CT molecular complexity index is 633. The molecule has 1 amide bonds. The topological polar surface area (TPSA) is 29.1 Å². The lowest BCUT2D eigenvalue weighted by Crippen LogP contribution is -2.14. The highest BCUT2D eigenvalue weighted by Crippen LogP contribution is 2.24. The van der Waals surface area contributed by atoms with E-state index in [1.807, 2.05) is 19.1 Å². The van der Waals surface area contributed by atoms with Crippen LogP contribution in [0.3, 0.4) is 0 Å².